The summed E-state index contributed by atoms with van der Waals surface area (Å²) in [7, 11) is 0. The molecule has 0 unspecified atom stereocenters. The van der Waals surface area contributed by atoms with Crippen LogP contribution >= 0.6 is 12.2 Å². The molecule has 0 aromatic heterocycles. The lowest BCUT2D eigenvalue weighted by Gasteiger charge is -2.09. The van der Waals surface area contributed by atoms with E-state index in [1.54, 1.807) is 6.08 Å². The van der Waals surface area contributed by atoms with E-state index in [4.69, 9.17) is 12.2 Å². The van der Waals surface area contributed by atoms with Gasteiger partial charge in [-0.05, 0) is 42.8 Å². The average Bonchev–Trinajstić information content (AvgIpc) is 2.65. The number of hydrazine groups is 1. The number of amides is 2. The third-order valence-corrected chi connectivity index (χ3v) is 3.74. The van der Waals surface area contributed by atoms with Crippen LogP contribution in [0.4, 0.5) is 0 Å². The highest BCUT2D eigenvalue weighted by atomic mass is 32.1. The first-order valence-corrected chi connectivity index (χ1v) is 8.62. The number of hydrogen-bond donors (Lipinski definition) is 3. The predicted octanol–water partition coefficient (Wildman–Crippen LogP) is 2.66. The van der Waals surface area contributed by atoms with Crippen molar-refractivity contribution in [1.29, 1.82) is 0 Å². The average molecular weight is 367 g/mol. The zero-order valence-electron chi connectivity index (χ0n) is 14.5. The zero-order chi connectivity index (χ0) is 18.8. The van der Waals surface area contributed by atoms with Crippen LogP contribution in [0.2, 0.25) is 0 Å². The Morgan fingerprint density at radius 2 is 1.69 bits per heavy atom. The van der Waals surface area contributed by atoms with Crippen molar-refractivity contribution < 1.29 is 9.59 Å². The number of benzene rings is 2. The molecule has 0 spiro atoms. The Hall–Kier alpha value is -2.99. The third kappa shape index (κ3) is 7.27. The van der Waals surface area contributed by atoms with Crippen LogP contribution < -0.4 is 16.2 Å². The van der Waals surface area contributed by atoms with Gasteiger partial charge in [-0.3, -0.25) is 25.8 Å². The molecule has 6 heteroatoms. The zero-order valence-corrected chi connectivity index (χ0v) is 15.3. The molecule has 5 nitrogen and oxygen atoms in total. The largest absolute Gasteiger partial charge is 0.298 e. The van der Waals surface area contributed by atoms with Crippen LogP contribution in [0, 0.1) is 6.92 Å². The van der Waals surface area contributed by atoms with Gasteiger partial charge in [0.25, 0.3) is 0 Å². The maximum Gasteiger partial charge on any atom is 0.250 e. The van der Waals surface area contributed by atoms with Crippen molar-refractivity contribution in [2.75, 3.05) is 0 Å². The minimum absolute atomic E-state index is 0.0385. The Bertz CT molecular complexity index is 786. The Labute approximate surface area is 158 Å². The molecule has 0 saturated carbocycles. The summed E-state index contributed by atoms with van der Waals surface area (Å²) < 4.78 is 0. The van der Waals surface area contributed by atoms with Gasteiger partial charge in [0.15, 0.2) is 5.11 Å². The van der Waals surface area contributed by atoms with Crippen LogP contribution in [0.3, 0.4) is 0 Å². The quantitative estimate of drug-likeness (QED) is 0.432. The maximum atomic E-state index is 11.8. The number of rotatable bonds is 5. The fraction of sp³-hybridized carbons (Fsp3) is 0.150. The summed E-state index contributed by atoms with van der Waals surface area (Å²) in [5, 5.41) is 2.51. The molecule has 0 bridgehead atoms. The summed E-state index contributed by atoms with van der Waals surface area (Å²) in [4.78, 5) is 23.6. The first-order valence-electron chi connectivity index (χ1n) is 8.21. The molecular formula is C20H21N3O2S. The fourth-order valence-electron chi connectivity index (χ4n) is 2.13. The molecule has 134 valence electrons. The van der Waals surface area contributed by atoms with Crippen molar-refractivity contribution in [2.45, 2.75) is 19.8 Å². The minimum atomic E-state index is -0.374. The molecule has 0 saturated heterocycles. The Balaban J connectivity index is 1.68. The van der Waals surface area contributed by atoms with Crippen LogP contribution in [0.1, 0.15) is 23.1 Å². The summed E-state index contributed by atoms with van der Waals surface area (Å²) in [6, 6.07) is 17.5. The molecule has 0 aliphatic heterocycles. The van der Waals surface area contributed by atoms with Crippen molar-refractivity contribution in [2.24, 2.45) is 0 Å². The fourth-order valence-corrected chi connectivity index (χ4v) is 2.28. The van der Waals surface area contributed by atoms with Crippen molar-refractivity contribution in [3.63, 3.8) is 0 Å². The number of thiocarbonyl (C=S) groups is 1. The van der Waals surface area contributed by atoms with E-state index in [1.807, 2.05) is 61.5 Å². The molecule has 2 rings (SSSR count). The van der Waals surface area contributed by atoms with Crippen molar-refractivity contribution in [3.05, 3.63) is 77.4 Å². The van der Waals surface area contributed by atoms with E-state index in [1.165, 1.54) is 6.08 Å². The van der Waals surface area contributed by atoms with E-state index >= 15 is 0 Å². The normalized spacial score (nSPS) is 10.3. The molecule has 2 aromatic carbocycles. The van der Waals surface area contributed by atoms with E-state index in [0.29, 0.717) is 12.8 Å². The van der Waals surface area contributed by atoms with Crippen LogP contribution in [-0.4, -0.2) is 16.9 Å². The van der Waals surface area contributed by atoms with Gasteiger partial charge in [0.05, 0.1) is 0 Å². The second-order valence-corrected chi connectivity index (χ2v) is 6.13. The maximum absolute atomic E-state index is 11.8. The summed E-state index contributed by atoms with van der Waals surface area (Å²) >= 11 is 4.98. The highest BCUT2D eigenvalue weighted by Crippen LogP contribution is 2.04. The van der Waals surface area contributed by atoms with Crippen LogP contribution in [0.15, 0.2) is 60.7 Å². The summed E-state index contributed by atoms with van der Waals surface area (Å²) in [6.07, 6.45) is 4.03. The molecule has 0 radical (unpaired) electrons. The second kappa shape index (κ2) is 10.1. The molecule has 0 fully saturated rings. The lowest BCUT2D eigenvalue weighted by Crippen LogP contribution is -2.48. The molecule has 0 heterocycles. The topological polar surface area (TPSA) is 70.2 Å². The molecule has 2 amide bonds. The molecule has 26 heavy (non-hydrogen) atoms. The van der Waals surface area contributed by atoms with Crippen LogP contribution in [0.5, 0.6) is 0 Å². The monoisotopic (exact) mass is 367 g/mol. The Kier molecular flexibility index (Phi) is 7.51. The third-order valence-electron chi connectivity index (χ3n) is 3.54. The van der Waals surface area contributed by atoms with Crippen LogP contribution in [0.25, 0.3) is 6.08 Å². The van der Waals surface area contributed by atoms with Gasteiger partial charge in [0.2, 0.25) is 11.8 Å². The highest BCUT2D eigenvalue weighted by molar-refractivity contribution is 7.80. The summed E-state index contributed by atoms with van der Waals surface area (Å²) in [5.74, 6) is -0.581. The Morgan fingerprint density at radius 3 is 2.38 bits per heavy atom. The Morgan fingerprint density at radius 1 is 1.00 bits per heavy atom. The molecule has 0 aliphatic rings. The van der Waals surface area contributed by atoms with Crippen molar-refractivity contribution >= 4 is 35.2 Å². The van der Waals surface area contributed by atoms with Gasteiger partial charge in [-0.1, -0.05) is 60.2 Å². The molecular weight excluding hydrogens is 346 g/mol. The van der Waals surface area contributed by atoms with Crippen molar-refractivity contribution in [1.82, 2.24) is 16.2 Å². The van der Waals surface area contributed by atoms with Crippen LogP contribution in [-0.2, 0) is 16.0 Å². The van der Waals surface area contributed by atoms with E-state index in [2.05, 4.69) is 16.2 Å². The first kappa shape index (κ1) is 19.3. The SMILES string of the molecule is Cc1ccc(C=CC(=O)NC(=S)NNC(=O)CCc2ccccc2)cc1. The number of nitrogens with one attached hydrogen (secondary N) is 3. The van der Waals surface area contributed by atoms with Gasteiger partial charge in [-0.15, -0.1) is 0 Å². The molecule has 3 N–H and O–H groups in total. The molecule has 0 atom stereocenters. The lowest BCUT2D eigenvalue weighted by molar-refractivity contribution is -0.121. The minimum Gasteiger partial charge on any atom is -0.298 e. The van der Waals surface area contributed by atoms with E-state index in [-0.39, 0.29) is 16.9 Å². The van der Waals surface area contributed by atoms with Gasteiger partial charge < -0.3 is 0 Å². The standard InChI is InChI=1S/C20H21N3O2S/c1-15-7-9-17(10-8-15)11-13-18(24)21-20(26)23-22-19(25)14-12-16-5-3-2-4-6-16/h2-11,13H,12,14H2,1H3,(H,22,25)(H2,21,23,24,26). The van der Waals surface area contributed by atoms with E-state index < -0.39 is 0 Å². The smallest absolute Gasteiger partial charge is 0.250 e. The van der Waals surface area contributed by atoms with Crippen molar-refractivity contribution in [3.8, 4) is 0 Å². The van der Waals surface area contributed by atoms with Gasteiger partial charge in [-0.2, -0.15) is 0 Å². The second-order valence-electron chi connectivity index (χ2n) is 5.72. The number of carbonyl (C=O) groups is 2. The van der Waals surface area contributed by atoms with Gasteiger partial charge in [0, 0.05) is 12.5 Å². The number of hydrogen-bond acceptors (Lipinski definition) is 3. The summed E-state index contributed by atoms with van der Waals surface area (Å²) in [5.41, 5.74) is 8.14. The summed E-state index contributed by atoms with van der Waals surface area (Å²) in [6.45, 7) is 2.00. The van der Waals surface area contributed by atoms with E-state index in [0.717, 1.165) is 16.7 Å². The van der Waals surface area contributed by atoms with Gasteiger partial charge in [0.1, 0.15) is 0 Å². The molecule has 2 aromatic rings. The lowest BCUT2D eigenvalue weighted by atomic mass is 10.1. The number of carbonyl (C=O) groups excluding carboxylic acids is 2. The predicted molar refractivity (Wildman–Crippen MR) is 107 cm³/mol. The van der Waals surface area contributed by atoms with Gasteiger partial charge >= 0.3 is 0 Å². The number of aryl methyl sites for hydroxylation is 2. The molecule has 0 aliphatic carbocycles. The van der Waals surface area contributed by atoms with Gasteiger partial charge in [-0.25, -0.2) is 0 Å². The first-order chi connectivity index (χ1) is 12.5. The van der Waals surface area contributed by atoms with E-state index in [9.17, 15) is 9.59 Å². The highest BCUT2D eigenvalue weighted by Gasteiger charge is 2.04.